The number of fused-ring (bicyclic) bond motifs is 1. The lowest BCUT2D eigenvalue weighted by molar-refractivity contribution is 0.0691. The molecule has 1 aliphatic rings. The van der Waals surface area contributed by atoms with E-state index >= 15 is 0 Å². The van der Waals surface area contributed by atoms with Gasteiger partial charge in [-0.25, -0.2) is 4.79 Å². The number of pyridine rings is 1. The van der Waals surface area contributed by atoms with Crippen molar-refractivity contribution in [3.05, 3.63) is 46.2 Å². The molecule has 0 saturated carbocycles. The minimum Gasteiger partial charge on any atom is -0.477 e. The quantitative estimate of drug-likeness (QED) is 0.895. The van der Waals surface area contributed by atoms with Gasteiger partial charge in [0, 0.05) is 30.6 Å². The fourth-order valence-corrected chi connectivity index (χ4v) is 3.24. The smallest absolute Gasteiger partial charge is 0.341 e. The second-order valence-corrected chi connectivity index (χ2v) is 5.98. The van der Waals surface area contributed by atoms with Gasteiger partial charge >= 0.3 is 5.97 Å². The summed E-state index contributed by atoms with van der Waals surface area (Å²) in [6.07, 6.45) is 2.54. The van der Waals surface area contributed by atoms with Gasteiger partial charge in [-0.2, -0.15) is 0 Å². The highest BCUT2D eigenvalue weighted by atomic mass is 16.4. The van der Waals surface area contributed by atoms with Crippen molar-refractivity contribution in [1.29, 1.82) is 0 Å². The Bertz CT molecular complexity index is 799. The van der Waals surface area contributed by atoms with Crippen molar-refractivity contribution in [2.24, 2.45) is 5.92 Å². The third kappa shape index (κ3) is 2.70. The summed E-state index contributed by atoms with van der Waals surface area (Å²) < 4.78 is 1.76. The molecule has 0 bridgehead atoms. The van der Waals surface area contributed by atoms with E-state index in [0.29, 0.717) is 30.4 Å². The number of aromatic nitrogens is 1. The summed E-state index contributed by atoms with van der Waals surface area (Å²) in [5, 5.41) is 21.8. The zero-order chi connectivity index (χ0) is 16.6. The number of aromatic carboxylic acids is 1. The third-order valence-electron chi connectivity index (χ3n) is 4.62. The molecule has 3 rings (SSSR count). The number of nitrogens with zero attached hydrogens (tertiary/aromatic N) is 2. The molecule has 1 aromatic carbocycles. The summed E-state index contributed by atoms with van der Waals surface area (Å²) >= 11 is 0. The number of hydrogen-bond acceptors (Lipinski definition) is 4. The Kier molecular flexibility index (Phi) is 4.09. The van der Waals surface area contributed by atoms with Crippen molar-refractivity contribution in [2.75, 3.05) is 18.1 Å². The van der Waals surface area contributed by atoms with E-state index in [9.17, 15) is 19.8 Å². The second-order valence-electron chi connectivity index (χ2n) is 5.98. The number of aliphatic hydroxyl groups excluding tert-OH is 1. The Labute approximate surface area is 133 Å². The van der Waals surface area contributed by atoms with Gasteiger partial charge in [0.15, 0.2) is 0 Å². The van der Waals surface area contributed by atoms with Gasteiger partial charge < -0.3 is 15.2 Å². The van der Waals surface area contributed by atoms with Crippen LogP contribution in [0.2, 0.25) is 0 Å². The predicted molar refractivity (Wildman–Crippen MR) is 87.5 cm³/mol. The fraction of sp³-hybridized carbons (Fsp3) is 0.412. The standard InChI is InChI=1S/C17H20N2O4/c1-2-11-9-18(8-7-15(11)20)19-10-13(17(22)23)16(21)12-5-3-4-6-14(12)19/h3-6,10-11,15,20H,2,7-9H2,1H3,(H,22,23). The zero-order valence-electron chi connectivity index (χ0n) is 13.0. The third-order valence-corrected chi connectivity index (χ3v) is 4.62. The molecule has 0 aliphatic carbocycles. The molecular weight excluding hydrogens is 296 g/mol. The van der Waals surface area contributed by atoms with Crippen molar-refractivity contribution in [3.8, 4) is 0 Å². The number of piperidine rings is 1. The Hall–Kier alpha value is -2.34. The predicted octanol–water partition coefficient (Wildman–Crippen LogP) is 1.43. The molecule has 0 radical (unpaired) electrons. The molecule has 6 heteroatoms. The Morgan fingerprint density at radius 3 is 2.78 bits per heavy atom. The van der Waals surface area contributed by atoms with E-state index in [4.69, 9.17) is 0 Å². The maximum atomic E-state index is 12.3. The number of carboxylic acid groups (broad SMARTS) is 1. The summed E-state index contributed by atoms with van der Waals surface area (Å²) in [7, 11) is 0. The van der Waals surface area contributed by atoms with Gasteiger partial charge in [-0.05, 0) is 25.0 Å². The highest BCUT2D eigenvalue weighted by molar-refractivity contribution is 5.92. The van der Waals surface area contributed by atoms with Crippen LogP contribution in [0.3, 0.4) is 0 Å². The lowest BCUT2D eigenvalue weighted by atomic mass is 9.93. The molecule has 1 fully saturated rings. The van der Waals surface area contributed by atoms with E-state index in [-0.39, 0.29) is 17.6 Å². The number of hydrogen-bond donors (Lipinski definition) is 2. The highest BCUT2D eigenvalue weighted by Crippen LogP contribution is 2.21. The van der Waals surface area contributed by atoms with Crippen LogP contribution in [-0.2, 0) is 0 Å². The summed E-state index contributed by atoms with van der Waals surface area (Å²) in [6.45, 7) is 3.27. The van der Waals surface area contributed by atoms with Crippen LogP contribution in [0.5, 0.6) is 0 Å². The number of carbonyl (C=O) groups is 1. The zero-order valence-corrected chi connectivity index (χ0v) is 13.0. The molecule has 2 atom stereocenters. The highest BCUT2D eigenvalue weighted by Gasteiger charge is 2.27. The SMILES string of the molecule is CCC1CN(n2cc(C(=O)O)c(=O)c3ccccc32)CCC1O. The van der Waals surface area contributed by atoms with Crippen LogP contribution < -0.4 is 10.4 Å². The van der Waals surface area contributed by atoms with E-state index < -0.39 is 11.4 Å². The van der Waals surface area contributed by atoms with E-state index in [2.05, 4.69) is 0 Å². The first-order valence-corrected chi connectivity index (χ1v) is 7.84. The molecular formula is C17H20N2O4. The van der Waals surface area contributed by atoms with Crippen molar-refractivity contribution < 1.29 is 15.0 Å². The molecule has 122 valence electrons. The van der Waals surface area contributed by atoms with Crippen molar-refractivity contribution in [3.63, 3.8) is 0 Å². The number of carboxylic acids is 1. The minimum absolute atomic E-state index is 0.134. The number of benzene rings is 1. The van der Waals surface area contributed by atoms with Crippen LogP contribution in [-0.4, -0.2) is 40.1 Å². The van der Waals surface area contributed by atoms with Gasteiger partial charge in [-0.15, -0.1) is 0 Å². The van der Waals surface area contributed by atoms with Crippen LogP contribution >= 0.6 is 0 Å². The molecule has 23 heavy (non-hydrogen) atoms. The fourth-order valence-electron chi connectivity index (χ4n) is 3.24. The molecule has 2 N–H and O–H groups in total. The maximum absolute atomic E-state index is 12.3. The summed E-state index contributed by atoms with van der Waals surface area (Å²) in [5.41, 5.74) is -0.00921. The number of para-hydroxylation sites is 1. The van der Waals surface area contributed by atoms with Crippen LogP contribution in [0.15, 0.2) is 35.3 Å². The first-order chi connectivity index (χ1) is 11.0. The van der Waals surface area contributed by atoms with E-state index in [1.165, 1.54) is 6.20 Å². The molecule has 2 heterocycles. The lowest BCUT2D eigenvalue weighted by Gasteiger charge is -2.39. The van der Waals surface area contributed by atoms with Crippen LogP contribution in [0.4, 0.5) is 0 Å². The molecule has 6 nitrogen and oxygen atoms in total. The lowest BCUT2D eigenvalue weighted by Crippen LogP contribution is -2.49. The van der Waals surface area contributed by atoms with Gasteiger partial charge in [-0.1, -0.05) is 19.1 Å². The van der Waals surface area contributed by atoms with E-state index in [0.717, 1.165) is 6.42 Å². The van der Waals surface area contributed by atoms with Crippen LogP contribution in [0.25, 0.3) is 10.9 Å². The van der Waals surface area contributed by atoms with Crippen molar-refractivity contribution in [1.82, 2.24) is 4.68 Å². The topological polar surface area (TPSA) is 82.8 Å². The second kappa shape index (κ2) is 6.04. The Balaban J connectivity index is 2.15. The van der Waals surface area contributed by atoms with Crippen molar-refractivity contribution in [2.45, 2.75) is 25.9 Å². The van der Waals surface area contributed by atoms with E-state index in [1.54, 1.807) is 16.8 Å². The van der Waals surface area contributed by atoms with Gasteiger partial charge in [-0.3, -0.25) is 9.47 Å². The van der Waals surface area contributed by atoms with Gasteiger partial charge in [0.05, 0.1) is 11.6 Å². The van der Waals surface area contributed by atoms with Crippen molar-refractivity contribution >= 4 is 16.9 Å². The average molecular weight is 316 g/mol. The molecule has 2 unspecified atom stereocenters. The maximum Gasteiger partial charge on any atom is 0.341 e. The molecule has 0 amide bonds. The van der Waals surface area contributed by atoms with Crippen LogP contribution in [0, 0.1) is 5.92 Å². The molecule has 1 aliphatic heterocycles. The number of aliphatic hydroxyl groups is 1. The Morgan fingerprint density at radius 1 is 1.35 bits per heavy atom. The van der Waals surface area contributed by atoms with Gasteiger partial charge in [0.25, 0.3) is 0 Å². The van der Waals surface area contributed by atoms with Gasteiger partial charge in [0.1, 0.15) is 5.56 Å². The van der Waals surface area contributed by atoms with E-state index in [1.807, 2.05) is 24.1 Å². The minimum atomic E-state index is -1.22. The average Bonchev–Trinajstić information content (AvgIpc) is 2.56. The summed E-state index contributed by atoms with van der Waals surface area (Å²) in [4.78, 5) is 23.7. The molecule has 2 aromatic rings. The Morgan fingerprint density at radius 2 is 2.09 bits per heavy atom. The first kappa shape index (κ1) is 15.6. The van der Waals surface area contributed by atoms with Gasteiger partial charge in [0.2, 0.25) is 5.43 Å². The normalized spacial score (nSPS) is 21.6. The number of rotatable bonds is 3. The molecule has 1 aromatic heterocycles. The summed E-state index contributed by atoms with van der Waals surface area (Å²) in [5.74, 6) is -1.09. The monoisotopic (exact) mass is 316 g/mol. The largest absolute Gasteiger partial charge is 0.477 e. The molecule has 1 saturated heterocycles. The summed E-state index contributed by atoms with van der Waals surface area (Å²) in [6, 6.07) is 7.02. The van der Waals surface area contributed by atoms with Crippen LogP contribution in [0.1, 0.15) is 30.1 Å². The molecule has 0 spiro atoms. The first-order valence-electron chi connectivity index (χ1n) is 7.84.